The van der Waals surface area contributed by atoms with Crippen LogP contribution in [0.2, 0.25) is 0 Å². The highest BCUT2D eigenvalue weighted by Crippen LogP contribution is 2.40. The van der Waals surface area contributed by atoms with E-state index in [1.807, 2.05) is 12.1 Å². The molecule has 1 aromatic heterocycles. The number of nitrogens with zero attached hydrogens (tertiary/aromatic N) is 1. The summed E-state index contributed by atoms with van der Waals surface area (Å²) in [6, 6.07) is 14.7. The Hall–Kier alpha value is -1.60. The lowest BCUT2D eigenvalue weighted by Gasteiger charge is -2.38. The maximum atomic E-state index is 12.3. The van der Waals surface area contributed by atoms with Crippen molar-refractivity contribution < 1.29 is 4.57 Å². The molecule has 3 nitrogen and oxygen atoms in total. The van der Waals surface area contributed by atoms with Gasteiger partial charge >= 0.3 is 0 Å². The summed E-state index contributed by atoms with van der Waals surface area (Å²) in [6.45, 7) is 4.49. The van der Waals surface area contributed by atoms with Gasteiger partial charge in [0, 0.05) is 23.5 Å². The zero-order chi connectivity index (χ0) is 17.0. The van der Waals surface area contributed by atoms with Crippen LogP contribution in [0.25, 0.3) is 0 Å². The molecule has 3 rings (SSSR count). The van der Waals surface area contributed by atoms with E-state index in [4.69, 9.17) is 0 Å². The highest BCUT2D eigenvalue weighted by atomic mass is 31.2. The SMILES string of the molecule is CP(C)(=O)c1ccnc(NCC2(c3ccccc3)CCCCC2)c1. The molecule has 0 radical (unpaired) electrons. The number of nitrogens with one attached hydrogen (secondary N) is 1. The molecule has 1 N–H and O–H groups in total. The van der Waals surface area contributed by atoms with Crippen molar-refractivity contribution in [1.29, 1.82) is 0 Å². The number of pyridine rings is 1. The van der Waals surface area contributed by atoms with Crippen LogP contribution in [0.15, 0.2) is 48.7 Å². The van der Waals surface area contributed by atoms with Crippen molar-refractivity contribution >= 4 is 18.3 Å². The normalized spacial score (nSPS) is 17.4. The minimum atomic E-state index is -2.26. The molecule has 0 unspecified atom stereocenters. The van der Waals surface area contributed by atoms with E-state index >= 15 is 0 Å². The summed E-state index contributed by atoms with van der Waals surface area (Å²) in [4.78, 5) is 4.43. The van der Waals surface area contributed by atoms with Crippen LogP contribution in [-0.4, -0.2) is 24.9 Å². The number of anilines is 1. The molecule has 1 fully saturated rings. The smallest absolute Gasteiger partial charge is 0.126 e. The number of rotatable bonds is 5. The van der Waals surface area contributed by atoms with Crippen molar-refractivity contribution in [2.45, 2.75) is 37.5 Å². The highest BCUT2D eigenvalue weighted by molar-refractivity contribution is 7.70. The summed E-state index contributed by atoms with van der Waals surface area (Å²) in [5.41, 5.74) is 1.60. The van der Waals surface area contributed by atoms with Crippen LogP contribution < -0.4 is 10.6 Å². The van der Waals surface area contributed by atoms with Crippen LogP contribution in [0, 0.1) is 0 Å². The summed E-state index contributed by atoms with van der Waals surface area (Å²) < 4.78 is 12.3. The Morgan fingerprint density at radius 2 is 1.79 bits per heavy atom. The predicted octanol–water partition coefficient (Wildman–Crippen LogP) is 4.64. The molecule has 0 aliphatic heterocycles. The first kappa shape index (κ1) is 17.2. The van der Waals surface area contributed by atoms with Gasteiger partial charge in [-0.25, -0.2) is 4.98 Å². The van der Waals surface area contributed by atoms with Gasteiger partial charge in [0.25, 0.3) is 0 Å². The fourth-order valence-electron chi connectivity index (χ4n) is 3.70. The molecule has 1 saturated carbocycles. The van der Waals surface area contributed by atoms with Gasteiger partial charge in [-0.3, -0.25) is 0 Å². The van der Waals surface area contributed by atoms with Gasteiger partial charge in [-0.1, -0.05) is 49.6 Å². The third-order valence-electron chi connectivity index (χ3n) is 5.17. The number of benzene rings is 1. The summed E-state index contributed by atoms with van der Waals surface area (Å²) >= 11 is 0. The fraction of sp³-hybridized carbons (Fsp3) is 0.450. The Morgan fingerprint density at radius 1 is 1.08 bits per heavy atom. The third kappa shape index (κ3) is 3.89. The van der Waals surface area contributed by atoms with Crippen LogP contribution in [0.5, 0.6) is 0 Å². The molecule has 4 heteroatoms. The molecule has 128 valence electrons. The molecule has 0 bridgehead atoms. The summed E-state index contributed by atoms with van der Waals surface area (Å²) in [7, 11) is -2.26. The van der Waals surface area contributed by atoms with E-state index in [2.05, 4.69) is 40.6 Å². The molecule has 1 aromatic carbocycles. The average molecular weight is 342 g/mol. The lowest BCUT2D eigenvalue weighted by Crippen LogP contribution is -2.36. The van der Waals surface area contributed by atoms with Gasteiger partial charge in [0.1, 0.15) is 13.0 Å². The monoisotopic (exact) mass is 342 g/mol. The Morgan fingerprint density at radius 3 is 2.46 bits per heavy atom. The minimum Gasteiger partial charge on any atom is -0.369 e. The number of hydrogen-bond acceptors (Lipinski definition) is 3. The predicted molar refractivity (Wildman–Crippen MR) is 103 cm³/mol. The van der Waals surface area contributed by atoms with E-state index < -0.39 is 7.14 Å². The largest absolute Gasteiger partial charge is 0.369 e. The van der Waals surface area contributed by atoms with E-state index in [0.717, 1.165) is 17.7 Å². The van der Waals surface area contributed by atoms with Crippen molar-refractivity contribution in [3.8, 4) is 0 Å². The second kappa shape index (κ2) is 7.11. The van der Waals surface area contributed by atoms with E-state index in [1.54, 1.807) is 19.5 Å². The van der Waals surface area contributed by atoms with Gasteiger partial charge in [-0.2, -0.15) is 0 Å². The Labute approximate surface area is 145 Å². The lowest BCUT2D eigenvalue weighted by molar-refractivity contribution is 0.308. The molecule has 1 aliphatic rings. The molecule has 0 saturated heterocycles. The average Bonchev–Trinajstić information content (AvgIpc) is 2.61. The lowest BCUT2D eigenvalue weighted by atomic mass is 9.69. The summed E-state index contributed by atoms with van der Waals surface area (Å²) in [5.74, 6) is 0.831. The Bertz CT molecular complexity index is 717. The van der Waals surface area contributed by atoms with E-state index in [0.29, 0.717) is 0 Å². The first-order chi connectivity index (χ1) is 11.5. The van der Waals surface area contributed by atoms with Crippen LogP contribution in [0.3, 0.4) is 0 Å². The van der Waals surface area contributed by atoms with Gasteiger partial charge in [0.15, 0.2) is 0 Å². The van der Waals surface area contributed by atoms with E-state index in [-0.39, 0.29) is 5.41 Å². The molecule has 1 aliphatic carbocycles. The maximum absolute atomic E-state index is 12.3. The second-order valence-electron chi connectivity index (χ2n) is 7.31. The van der Waals surface area contributed by atoms with Crippen LogP contribution in [0.4, 0.5) is 5.82 Å². The molecule has 0 spiro atoms. The van der Waals surface area contributed by atoms with Crippen molar-refractivity contribution in [2.24, 2.45) is 0 Å². The molecule has 2 aromatic rings. The highest BCUT2D eigenvalue weighted by Gasteiger charge is 2.33. The Kier molecular flexibility index (Phi) is 5.10. The second-order valence-corrected chi connectivity index (χ2v) is 10.5. The zero-order valence-corrected chi connectivity index (χ0v) is 15.6. The molecular weight excluding hydrogens is 315 g/mol. The molecule has 24 heavy (non-hydrogen) atoms. The number of hydrogen-bond donors (Lipinski definition) is 1. The van der Waals surface area contributed by atoms with Gasteiger partial charge < -0.3 is 9.88 Å². The van der Waals surface area contributed by atoms with Crippen LogP contribution in [-0.2, 0) is 9.98 Å². The van der Waals surface area contributed by atoms with Gasteiger partial charge in [0.2, 0.25) is 0 Å². The van der Waals surface area contributed by atoms with Crippen molar-refractivity contribution in [1.82, 2.24) is 4.98 Å². The number of aromatic nitrogens is 1. The maximum Gasteiger partial charge on any atom is 0.126 e. The third-order valence-corrected chi connectivity index (χ3v) is 6.69. The van der Waals surface area contributed by atoms with Crippen LogP contribution >= 0.6 is 7.14 Å². The standard InChI is InChI=1S/C20H27N2OP/c1-24(2,23)18-11-14-21-19(15-18)22-16-20(12-7-4-8-13-20)17-9-5-3-6-10-17/h3,5-6,9-11,14-15H,4,7-8,12-13,16H2,1-2H3,(H,21,22). The molecule has 0 amide bonds. The van der Waals surface area contributed by atoms with Crippen molar-refractivity contribution in [3.63, 3.8) is 0 Å². The first-order valence-electron chi connectivity index (χ1n) is 8.81. The van der Waals surface area contributed by atoms with Gasteiger partial charge in [0.05, 0.1) is 0 Å². The Balaban J connectivity index is 1.81. The van der Waals surface area contributed by atoms with Gasteiger partial charge in [-0.15, -0.1) is 0 Å². The zero-order valence-electron chi connectivity index (χ0n) is 14.7. The minimum absolute atomic E-state index is 0.180. The summed E-state index contributed by atoms with van der Waals surface area (Å²) in [6.07, 6.45) is 8.07. The van der Waals surface area contributed by atoms with E-state index in [9.17, 15) is 4.57 Å². The molecule has 1 heterocycles. The van der Waals surface area contributed by atoms with Crippen molar-refractivity contribution in [2.75, 3.05) is 25.2 Å². The first-order valence-corrected chi connectivity index (χ1v) is 11.4. The summed E-state index contributed by atoms with van der Waals surface area (Å²) in [5, 5.41) is 4.42. The van der Waals surface area contributed by atoms with Gasteiger partial charge in [-0.05, 0) is 43.9 Å². The molecular formula is C20H27N2OP. The fourth-order valence-corrected chi connectivity index (χ4v) is 4.56. The van der Waals surface area contributed by atoms with Crippen molar-refractivity contribution in [3.05, 3.63) is 54.2 Å². The molecule has 0 atom stereocenters. The van der Waals surface area contributed by atoms with Crippen LogP contribution in [0.1, 0.15) is 37.7 Å². The quantitative estimate of drug-likeness (QED) is 0.805. The topological polar surface area (TPSA) is 42.0 Å². The van der Waals surface area contributed by atoms with E-state index in [1.165, 1.54) is 37.7 Å².